The lowest BCUT2D eigenvalue weighted by Crippen LogP contribution is -2.51. The van der Waals surface area contributed by atoms with E-state index in [4.69, 9.17) is 10.9 Å². The number of oxime groups is 1. The van der Waals surface area contributed by atoms with E-state index in [-0.39, 0.29) is 11.7 Å². The van der Waals surface area contributed by atoms with Gasteiger partial charge in [0.1, 0.15) is 5.41 Å². The Labute approximate surface area is 121 Å². The summed E-state index contributed by atoms with van der Waals surface area (Å²) in [5.74, 6) is 0.213. The second-order valence-electron chi connectivity index (χ2n) is 6.19. The Morgan fingerprint density at radius 2 is 1.45 bits per heavy atom. The van der Waals surface area contributed by atoms with Crippen molar-refractivity contribution in [3.63, 3.8) is 0 Å². The van der Waals surface area contributed by atoms with E-state index in [0.717, 1.165) is 64.5 Å². The smallest absolute Gasteiger partial charge is 0.236 e. The first kappa shape index (κ1) is 15.1. The van der Waals surface area contributed by atoms with Crippen LogP contribution in [0.5, 0.6) is 0 Å². The molecule has 0 radical (unpaired) electrons. The lowest BCUT2D eigenvalue weighted by atomic mass is 9.77. The lowest BCUT2D eigenvalue weighted by Gasteiger charge is -2.35. The molecule has 1 aliphatic carbocycles. The molecule has 0 unspecified atom stereocenters. The summed E-state index contributed by atoms with van der Waals surface area (Å²) >= 11 is 0. The van der Waals surface area contributed by atoms with E-state index in [1.807, 2.05) is 4.90 Å². The highest BCUT2D eigenvalue weighted by Gasteiger charge is 2.45. The fraction of sp³-hybridized carbons (Fsp3) is 0.867. The molecule has 1 saturated heterocycles. The number of nitrogens with two attached hydrogens (primary N) is 1. The van der Waals surface area contributed by atoms with Crippen molar-refractivity contribution in [1.29, 1.82) is 0 Å². The fourth-order valence-electron chi connectivity index (χ4n) is 3.58. The quantitative estimate of drug-likeness (QED) is 0.268. The third-order valence-electron chi connectivity index (χ3n) is 4.86. The summed E-state index contributed by atoms with van der Waals surface area (Å²) in [4.78, 5) is 15.0. The molecule has 5 nitrogen and oxygen atoms in total. The number of hydrogen-bond acceptors (Lipinski definition) is 3. The van der Waals surface area contributed by atoms with Crippen molar-refractivity contribution >= 4 is 11.7 Å². The minimum atomic E-state index is -0.754. The predicted octanol–water partition coefficient (Wildman–Crippen LogP) is 2.48. The lowest BCUT2D eigenvalue weighted by molar-refractivity contribution is -0.139. The summed E-state index contributed by atoms with van der Waals surface area (Å²) in [6.07, 6.45) is 10.2. The average molecular weight is 281 g/mol. The maximum absolute atomic E-state index is 13.0. The molecule has 0 spiro atoms. The Morgan fingerprint density at radius 1 is 0.950 bits per heavy atom. The number of carbonyl (C=O) groups is 1. The number of rotatable bonds is 2. The molecular weight excluding hydrogens is 254 g/mol. The van der Waals surface area contributed by atoms with E-state index in [0.29, 0.717) is 0 Å². The summed E-state index contributed by atoms with van der Waals surface area (Å²) < 4.78 is 0. The highest BCUT2D eigenvalue weighted by molar-refractivity contribution is 6.06. The molecule has 2 fully saturated rings. The summed E-state index contributed by atoms with van der Waals surface area (Å²) in [6.45, 7) is 1.64. The third-order valence-corrected chi connectivity index (χ3v) is 4.86. The number of amides is 1. The Morgan fingerprint density at radius 3 is 1.95 bits per heavy atom. The van der Waals surface area contributed by atoms with Gasteiger partial charge < -0.3 is 15.8 Å². The monoisotopic (exact) mass is 281 g/mol. The van der Waals surface area contributed by atoms with Gasteiger partial charge in [-0.2, -0.15) is 0 Å². The highest BCUT2D eigenvalue weighted by atomic mass is 16.4. The molecule has 2 aliphatic rings. The van der Waals surface area contributed by atoms with Crippen molar-refractivity contribution in [3.05, 3.63) is 0 Å². The minimum Gasteiger partial charge on any atom is -0.409 e. The summed E-state index contributed by atoms with van der Waals surface area (Å²) in [6, 6.07) is 0. The van der Waals surface area contributed by atoms with Crippen LogP contribution in [0.25, 0.3) is 0 Å². The molecule has 0 aromatic carbocycles. The average Bonchev–Trinajstić information content (AvgIpc) is 2.89. The highest BCUT2D eigenvalue weighted by Crippen LogP contribution is 2.37. The summed E-state index contributed by atoms with van der Waals surface area (Å²) in [5.41, 5.74) is 5.20. The van der Waals surface area contributed by atoms with E-state index in [2.05, 4.69) is 5.16 Å². The Kier molecular flexibility index (Phi) is 5.26. The molecule has 0 atom stereocenters. The van der Waals surface area contributed by atoms with Crippen LogP contribution < -0.4 is 5.73 Å². The zero-order chi connectivity index (χ0) is 14.4. The molecule has 1 aliphatic heterocycles. The Hall–Kier alpha value is -1.26. The number of amidine groups is 1. The van der Waals surface area contributed by atoms with Crippen molar-refractivity contribution in [1.82, 2.24) is 4.90 Å². The molecule has 0 aromatic heterocycles. The first-order valence-corrected chi connectivity index (χ1v) is 7.98. The van der Waals surface area contributed by atoms with Crippen LogP contribution in [0.4, 0.5) is 0 Å². The fourth-order valence-corrected chi connectivity index (χ4v) is 3.58. The number of likely N-dealkylation sites (tertiary alicyclic amines) is 1. The number of nitrogens with zero attached hydrogens (tertiary/aromatic N) is 2. The van der Waals surface area contributed by atoms with Gasteiger partial charge >= 0.3 is 0 Å². The van der Waals surface area contributed by atoms with Crippen molar-refractivity contribution in [2.24, 2.45) is 16.3 Å². The van der Waals surface area contributed by atoms with Gasteiger partial charge in [0.2, 0.25) is 5.91 Å². The van der Waals surface area contributed by atoms with Gasteiger partial charge in [-0.1, -0.05) is 43.7 Å². The SMILES string of the molecule is NC(=NO)C1(C(=O)N2CCCCCC2)CCCCCC1. The van der Waals surface area contributed by atoms with Crippen LogP contribution in [0.1, 0.15) is 64.2 Å². The van der Waals surface area contributed by atoms with E-state index in [1.165, 1.54) is 12.8 Å². The molecule has 2 rings (SSSR count). The van der Waals surface area contributed by atoms with Crippen LogP contribution in [0.15, 0.2) is 5.16 Å². The van der Waals surface area contributed by atoms with Crippen LogP contribution in [-0.4, -0.2) is 34.9 Å². The number of hydrogen-bond donors (Lipinski definition) is 2. The van der Waals surface area contributed by atoms with Crippen LogP contribution in [0.3, 0.4) is 0 Å². The second-order valence-corrected chi connectivity index (χ2v) is 6.19. The maximum Gasteiger partial charge on any atom is 0.236 e. The molecule has 5 heteroatoms. The van der Waals surface area contributed by atoms with Gasteiger partial charge in [0.05, 0.1) is 0 Å². The zero-order valence-corrected chi connectivity index (χ0v) is 12.3. The van der Waals surface area contributed by atoms with Gasteiger partial charge in [0.15, 0.2) is 5.84 Å². The molecule has 114 valence electrons. The van der Waals surface area contributed by atoms with Gasteiger partial charge in [-0.25, -0.2) is 0 Å². The van der Waals surface area contributed by atoms with Crippen LogP contribution in [-0.2, 0) is 4.79 Å². The van der Waals surface area contributed by atoms with E-state index >= 15 is 0 Å². The van der Waals surface area contributed by atoms with E-state index in [1.54, 1.807) is 0 Å². The standard InChI is InChI=1S/C15H27N3O2/c16-13(17-20)15(9-5-1-2-6-10-15)14(19)18-11-7-3-4-8-12-18/h20H,1-12H2,(H2,16,17). The molecule has 20 heavy (non-hydrogen) atoms. The molecule has 3 N–H and O–H groups in total. The Bertz CT molecular complexity index is 352. The van der Waals surface area contributed by atoms with Crippen LogP contribution in [0, 0.1) is 5.41 Å². The van der Waals surface area contributed by atoms with Crippen LogP contribution in [0.2, 0.25) is 0 Å². The zero-order valence-electron chi connectivity index (χ0n) is 12.3. The predicted molar refractivity (Wildman–Crippen MR) is 78.6 cm³/mol. The largest absolute Gasteiger partial charge is 0.409 e. The molecule has 0 bridgehead atoms. The Balaban J connectivity index is 2.22. The molecule has 0 aromatic rings. The summed E-state index contributed by atoms with van der Waals surface area (Å²) in [5, 5.41) is 12.4. The van der Waals surface area contributed by atoms with Crippen LogP contribution >= 0.6 is 0 Å². The minimum absolute atomic E-state index is 0.0941. The normalized spacial score (nSPS) is 24.8. The van der Waals surface area contributed by atoms with E-state index in [9.17, 15) is 4.79 Å². The topological polar surface area (TPSA) is 78.9 Å². The summed E-state index contributed by atoms with van der Waals surface area (Å²) in [7, 11) is 0. The van der Waals surface area contributed by atoms with Gasteiger partial charge in [-0.05, 0) is 25.7 Å². The first-order chi connectivity index (χ1) is 9.70. The second kappa shape index (κ2) is 6.95. The van der Waals surface area contributed by atoms with Crippen molar-refractivity contribution in [3.8, 4) is 0 Å². The van der Waals surface area contributed by atoms with Gasteiger partial charge in [-0.3, -0.25) is 4.79 Å². The first-order valence-electron chi connectivity index (χ1n) is 7.98. The van der Waals surface area contributed by atoms with Crippen molar-refractivity contribution in [2.45, 2.75) is 64.2 Å². The van der Waals surface area contributed by atoms with Gasteiger partial charge in [0, 0.05) is 13.1 Å². The third kappa shape index (κ3) is 3.07. The molecule has 1 amide bonds. The maximum atomic E-state index is 13.0. The van der Waals surface area contributed by atoms with E-state index < -0.39 is 5.41 Å². The van der Waals surface area contributed by atoms with Crippen molar-refractivity contribution < 1.29 is 10.0 Å². The van der Waals surface area contributed by atoms with Gasteiger partial charge in [-0.15, -0.1) is 0 Å². The van der Waals surface area contributed by atoms with Crippen molar-refractivity contribution in [2.75, 3.05) is 13.1 Å². The molecule has 1 saturated carbocycles. The van der Waals surface area contributed by atoms with Gasteiger partial charge in [0.25, 0.3) is 0 Å². The molecular formula is C15H27N3O2. The molecule has 1 heterocycles. The number of carbonyl (C=O) groups excluding carboxylic acids is 1.